The monoisotopic (exact) mass is 388 g/mol. The molecule has 0 nitrogen and oxygen atoms in total. The first-order chi connectivity index (χ1) is 8.83. The Hall–Kier alpha value is 1.74. The van der Waals surface area contributed by atoms with Gasteiger partial charge in [0.05, 0.1) is 16.1 Å². The van der Waals surface area contributed by atoms with Crippen LogP contribution in [0.4, 0.5) is 0 Å². The van der Waals surface area contributed by atoms with Gasteiger partial charge >= 0.3 is 0 Å². The van der Waals surface area contributed by atoms with Crippen molar-refractivity contribution in [3.05, 3.63) is 0 Å². The third-order valence-electron chi connectivity index (χ3n) is 3.13. The number of hydrogen-bond acceptors (Lipinski definition) is 0. The maximum Gasteiger partial charge on any atom is 0.0514 e. The molecule has 6 atom stereocenters. The van der Waals surface area contributed by atoms with Gasteiger partial charge in [0.15, 0.2) is 0 Å². The van der Waals surface area contributed by atoms with Crippen molar-refractivity contribution in [3.8, 4) is 0 Å². The van der Waals surface area contributed by atoms with Crippen LogP contribution in [0.15, 0.2) is 0 Å². The lowest BCUT2D eigenvalue weighted by Gasteiger charge is -2.22. The Kier molecular flexibility index (Phi) is 12.4. The fourth-order valence-corrected chi connectivity index (χ4v) is 3.24. The van der Waals surface area contributed by atoms with Gasteiger partial charge in [0.2, 0.25) is 0 Å². The van der Waals surface area contributed by atoms with Crippen molar-refractivity contribution < 1.29 is 0 Å². The van der Waals surface area contributed by atoms with E-state index in [0.29, 0.717) is 6.42 Å². The van der Waals surface area contributed by atoms with Gasteiger partial charge < -0.3 is 0 Å². The fraction of sp³-hybridized carbons (Fsp3) is 1.00. The van der Waals surface area contributed by atoms with Crippen LogP contribution in [-0.2, 0) is 0 Å². The summed E-state index contributed by atoms with van der Waals surface area (Å²) < 4.78 is 0. The fourth-order valence-electron chi connectivity index (χ4n) is 1.70. The molecule has 116 valence electrons. The molecule has 0 amide bonds. The van der Waals surface area contributed by atoms with Crippen molar-refractivity contribution in [2.75, 3.05) is 0 Å². The average molecular weight is 391 g/mol. The quantitative estimate of drug-likeness (QED) is 0.367. The molecule has 0 aromatic heterocycles. The van der Waals surface area contributed by atoms with E-state index in [9.17, 15) is 0 Å². The predicted octanol–water partition coefficient (Wildman–Crippen LogP) is 6.62. The van der Waals surface area contributed by atoms with E-state index in [1.807, 2.05) is 13.8 Å². The first kappa shape index (κ1) is 20.7. The molecule has 0 aliphatic carbocycles. The van der Waals surface area contributed by atoms with Crippen LogP contribution in [0.3, 0.4) is 0 Å². The van der Waals surface area contributed by atoms with Gasteiger partial charge in [-0.3, -0.25) is 0 Å². The minimum absolute atomic E-state index is 0.0209. The Bertz CT molecular complexity index is 225. The number of halogens is 6. The summed E-state index contributed by atoms with van der Waals surface area (Å²) in [4.78, 5) is 0. The van der Waals surface area contributed by atoms with Crippen molar-refractivity contribution >= 4 is 69.6 Å². The van der Waals surface area contributed by atoms with Crippen molar-refractivity contribution in [2.24, 2.45) is 0 Å². The number of alkyl halides is 6. The van der Waals surface area contributed by atoms with E-state index in [-0.39, 0.29) is 32.3 Å². The van der Waals surface area contributed by atoms with Crippen LogP contribution in [0.25, 0.3) is 0 Å². The first-order valence-electron chi connectivity index (χ1n) is 6.67. The summed E-state index contributed by atoms with van der Waals surface area (Å²) in [5, 5.41) is -0.673. The smallest absolute Gasteiger partial charge is 0.0514 e. The second-order valence-electron chi connectivity index (χ2n) is 4.73. The highest BCUT2D eigenvalue weighted by atomic mass is 35.5. The van der Waals surface area contributed by atoms with Crippen molar-refractivity contribution in [1.82, 2.24) is 0 Å². The van der Waals surface area contributed by atoms with Gasteiger partial charge in [0.1, 0.15) is 0 Å². The Morgan fingerprint density at radius 2 is 0.842 bits per heavy atom. The first-order valence-corrected chi connectivity index (χ1v) is 9.29. The molecular weight excluding hydrogens is 369 g/mol. The lowest BCUT2D eigenvalue weighted by molar-refractivity contribution is 0.576. The highest BCUT2D eigenvalue weighted by molar-refractivity contribution is 6.32. The molecule has 0 rings (SSSR count). The van der Waals surface area contributed by atoms with Gasteiger partial charge in [0.25, 0.3) is 0 Å². The standard InChI is InChI=1S/C13H22Cl6/c1-3-8(14)10(16)5-6-11(17)13(19)7-12(18)9(15)4-2/h8-13H,3-7H2,1-2H3. The molecule has 0 aliphatic heterocycles. The molecule has 0 saturated carbocycles. The highest BCUT2D eigenvalue weighted by Gasteiger charge is 2.25. The summed E-state index contributed by atoms with van der Waals surface area (Å²) in [5.74, 6) is 0. The summed E-state index contributed by atoms with van der Waals surface area (Å²) in [6.45, 7) is 4.01. The van der Waals surface area contributed by atoms with Crippen LogP contribution in [0.1, 0.15) is 46.0 Å². The van der Waals surface area contributed by atoms with E-state index in [0.717, 1.165) is 25.7 Å². The molecule has 0 fully saturated rings. The van der Waals surface area contributed by atoms with Gasteiger partial charge in [-0.1, -0.05) is 13.8 Å². The Morgan fingerprint density at radius 3 is 1.26 bits per heavy atom. The molecule has 19 heavy (non-hydrogen) atoms. The van der Waals surface area contributed by atoms with E-state index in [1.165, 1.54) is 0 Å². The van der Waals surface area contributed by atoms with E-state index in [1.54, 1.807) is 0 Å². The van der Waals surface area contributed by atoms with Crippen molar-refractivity contribution in [1.29, 1.82) is 0 Å². The minimum Gasteiger partial charge on any atom is -0.121 e. The molecule has 6 heteroatoms. The van der Waals surface area contributed by atoms with Gasteiger partial charge in [0, 0.05) is 16.1 Å². The number of hydrogen-bond donors (Lipinski definition) is 0. The number of rotatable bonds is 10. The summed E-state index contributed by atoms with van der Waals surface area (Å²) in [6.07, 6.45) is 3.76. The van der Waals surface area contributed by atoms with E-state index < -0.39 is 0 Å². The molecule has 0 aromatic rings. The zero-order chi connectivity index (χ0) is 15.0. The third kappa shape index (κ3) is 8.69. The summed E-state index contributed by atoms with van der Waals surface area (Å²) >= 11 is 37.1. The third-order valence-corrected chi connectivity index (χ3v) is 6.75. The summed E-state index contributed by atoms with van der Waals surface area (Å²) in [5.41, 5.74) is 0. The van der Waals surface area contributed by atoms with Gasteiger partial charge in [-0.15, -0.1) is 69.6 Å². The molecule has 0 saturated heterocycles. The summed E-state index contributed by atoms with van der Waals surface area (Å²) in [6, 6.07) is 0. The van der Waals surface area contributed by atoms with Crippen LogP contribution in [0, 0.1) is 0 Å². The van der Waals surface area contributed by atoms with Crippen LogP contribution < -0.4 is 0 Å². The molecule has 0 aliphatic rings. The van der Waals surface area contributed by atoms with Gasteiger partial charge in [-0.2, -0.15) is 0 Å². The average Bonchev–Trinajstić information content (AvgIpc) is 2.41. The topological polar surface area (TPSA) is 0 Å². The second-order valence-corrected chi connectivity index (χ2v) is 8.09. The van der Waals surface area contributed by atoms with E-state index in [4.69, 9.17) is 69.6 Å². The zero-order valence-electron chi connectivity index (χ0n) is 11.3. The Morgan fingerprint density at radius 1 is 0.526 bits per heavy atom. The van der Waals surface area contributed by atoms with Crippen LogP contribution >= 0.6 is 69.6 Å². The molecule has 0 heterocycles. The van der Waals surface area contributed by atoms with E-state index >= 15 is 0 Å². The van der Waals surface area contributed by atoms with Gasteiger partial charge in [-0.25, -0.2) is 0 Å². The van der Waals surface area contributed by atoms with Crippen LogP contribution in [-0.4, -0.2) is 32.3 Å². The molecule has 0 N–H and O–H groups in total. The van der Waals surface area contributed by atoms with Crippen molar-refractivity contribution in [2.45, 2.75) is 78.2 Å². The lowest BCUT2D eigenvalue weighted by Crippen LogP contribution is -2.25. The summed E-state index contributed by atoms with van der Waals surface area (Å²) in [7, 11) is 0. The van der Waals surface area contributed by atoms with Gasteiger partial charge in [-0.05, 0) is 32.1 Å². The lowest BCUT2D eigenvalue weighted by atomic mass is 10.0. The molecule has 0 spiro atoms. The second kappa shape index (κ2) is 11.3. The Balaban J connectivity index is 4.03. The maximum atomic E-state index is 6.28. The van der Waals surface area contributed by atoms with Crippen LogP contribution in [0.2, 0.25) is 0 Å². The Labute approximate surface area is 147 Å². The predicted molar refractivity (Wildman–Crippen MR) is 92.3 cm³/mol. The van der Waals surface area contributed by atoms with E-state index in [2.05, 4.69) is 0 Å². The van der Waals surface area contributed by atoms with Crippen LogP contribution in [0.5, 0.6) is 0 Å². The normalized spacial score (nSPS) is 21.5. The SMILES string of the molecule is CCC(Cl)C(Cl)CCC(Cl)C(Cl)CC(Cl)C(Cl)CC. The molecular formula is C13H22Cl6. The zero-order valence-corrected chi connectivity index (χ0v) is 15.8. The molecule has 6 unspecified atom stereocenters. The largest absolute Gasteiger partial charge is 0.121 e. The van der Waals surface area contributed by atoms with Crippen molar-refractivity contribution in [3.63, 3.8) is 0 Å². The highest BCUT2D eigenvalue weighted by Crippen LogP contribution is 2.28. The molecule has 0 radical (unpaired) electrons. The maximum absolute atomic E-state index is 6.28. The minimum atomic E-state index is -0.198. The molecule has 0 aromatic carbocycles. The molecule has 0 bridgehead atoms.